The molecule has 2 aromatic carbocycles. The van der Waals surface area contributed by atoms with Gasteiger partial charge in [-0.25, -0.2) is 4.98 Å². The zero-order valence-electron chi connectivity index (χ0n) is 13.3. The van der Waals surface area contributed by atoms with Gasteiger partial charge in [0.25, 0.3) is 0 Å². The molecule has 0 aliphatic carbocycles. The van der Waals surface area contributed by atoms with Crippen LogP contribution in [0.15, 0.2) is 48.5 Å². The quantitative estimate of drug-likeness (QED) is 0.689. The van der Waals surface area contributed by atoms with E-state index in [4.69, 9.17) is 33.7 Å². The molecule has 1 aromatic heterocycles. The fourth-order valence-electron chi connectivity index (χ4n) is 2.48. The van der Waals surface area contributed by atoms with Gasteiger partial charge in [-0.05, 0) is 35.9 Å². The summed E-state index contributed by atoms with van der Waals surface area (Å²) in [4.78, 5) is 4.33. The molecule has 6 heteroatoms. The largest absolute Gasteiger partial charge is 0.497 e. The molecule has 3 aromatic rings. The average Bonchev–Trinajstić information content (AvgIpc) is 2.63. The highest BCUT2D eigenvalue weighted by atomic mass is 35.5. The number of nitrogen functional groups attached to an aromatic ring is 1. The van der Waals surface area contributed by atoms with E-state index in [0.717, 1.165) is 16.9 Å². The number of aromatic nitrogens is 1. The van der Waals surface area contributed by atoms with Crippen LogP contribution in [-0.4, -0.2) is 12.1 Å². The van der Waals surface area contributed by atoms with E-state index in [1.165, 1.54) is 0 Å². The number of benzene rings is 2. The topological polar surface area (TPSA) is 71.9 Å². The Kier molecular flexibility index (Phi) is 4.80. The highest BCUT2D eigenvalue weighted by molar-refractivity contribution is 6.42. The molecule has 0 unspecified atom stereocenters. The first-order valence-corrected chi connectivity index (χ1v) is 8.09. The summed E-state index contributed by atoms with van der Waals surface area (Å²) in [5.74, 6) is 0.894. The molecule has 3 rings (SSSR count). The van der Waals surface area contributed by atoms with Gasteiger partial charge in [-0.3, -0.25) is 0 Å². The van der Waals surface area contributed by atoms with Crippen LogP contribution < -0.4 is 10.5 Å². The van der Waals surface area contributed by atoms with Crippen molar-refractivity contribution in [2.45, 2.75) is 0 Å². The number of hydrogen-bond donors (Lipinski definition) is 1. The molecule has 124 valence electrons. The maximum atomic E-state index is 9.47. The van der Waals surface area contributed by atoms with Gasteiger partial charge in [0.1, 0.15) is 23.2 Å². The fourth-order valence-corrected chi connectivity index (χ4v) is 2.78. The lowest BCUT2D eigenvalue weighted by molar-refractivity contribution is 0.415. The highest BCUT2D eigenvalue weighted by Gasteiger charge is 2.14. The predicted molar refractivity (Wildman–Crippen MR) is 101 cm³/mol. The standard InChI is InChI=1S/C19H13Cl2N3O/c1-25-13-5-2-11(3-6-13)14-9-18(24-19(23)15(14)10-22)12-4-7-16(20)17(21)8-12/h2-9H,1H3,(H2,23,24). The molecule has 0 radical (unpaired) electrons. The number of halogens is 2. The predicted octanol–water partition coefficient (Wildman–Crippen LogP) is 5.18. The molecular formula is C19H13Cl2N3O. The molecule has 25 heavy (non-hydrogen) atoms. The number of nitrogens with zero attached hydrogens (tertiary/aromatic N) is 2. The van der Waals surface area contributed by atoms with Gasteiger partial charge in [-0.1, -0.05) is 41.4 Å². The van der Waals surface area contributed by atoms with E-state index in [1.807, 2.05) is 30.3 Å². The lowest BCUT2D eigenvalue weighted by Crippen LogP contribution is -2.00. The third-order valence-electron chi connectivity index (χ3n) is 3.78. The van der Waals surface area contributed by atoms with Crippen LogP contribution in [-0.2, 0) is 0 Å². The Balaban J connectivity index is 2.18. The number of methoxy groups -OCH3 is 1. The number of hydrogen-bond acceptors (Lipinski definition) is 4. The summed E-state index contributed by atoms with van der Waals surface area (Å²) in [6.07, 6.45) is 0. The van der Waals surface area contributed by atoms with E-state index < -0.39 is 0 Å². The van der Waals surface area contributed by atoms with Crippen LogP contribution in [0.5, 0.6) is 5.75 Å². The lowest BCUT2D eigenvalue weighted by Gasteiger charge is -2.11. The maximum absolute atomic E-state index is 9.47. The Bertz CT molecular complexity index is 979. The van der Waals surface area contributed by atoms with Crippen molar-refractivity contribution in [1.29, 1.82) is 5.26 Å². The van der Waals surface area contributed by atoms with Gasteiger partial charge in [-0.2, -0.15) is 5.26 Å². The molecule has 0 bridgehead atoms. The van der Waals surface area contributed by atoms with Crippen LogP contribution in [0, 0.1) is 11.3 Å². The first kappa shape index (κ1) is 17.1. The normalized spacial score (nSPS) is 10.3. The van der Waals surface area contributed by atoms with E-state index in [1.54, 1.807) is 25.3 Å². The summed E-state index contributed by atoms with van der Waals surface area (Å²) in [5.41, 5.74) is 9.25. The van der Waals surface area contributed by atoms with Crippen molar-refractivity contribution in [2.75, 3.05) is 12.8 Å². The van der Waals surface area contributed by atoms with Crippen LogP contribution in [0.4, 0.5) is 5.82 Å². The molecule has 0 aliphatic heterocycles. The van der Waals surface area contributed by atoms with Crippen molar-refractivity contribution in [1.82, 2.24) is 4.98 Å². The number of anilines is 1. The van der Waals surface area contributed by atoms with E-state index >= 15 is 0 Å². The van der Waals surface area contributed by atoms with Crippen molar-refractivity contribution in [3.63, 3.8) is 0 Å². The molecule has 0 fully saturated rings. The molecule has 0 aliphatic rings. The smallest absolute Gasteiger partial charge is 0.142 e. The molecular weight excluding hydrogens is 357 g/mol. The third-order valence-corrected chi connectivity index (χ3v) is 4.51. The van der Waals surface area contributed by atoms with Crippen LogP contribution in [0.2, 0.25) is 10.0 Å². The van der Waals surface area contributed by atoms with Crippen LogP contribution >= 0.6 is 23.2 Å². The van der Waals surface area contributed by atoms with Crippen molar-refractivity contribution in [3.8, 4) is 34.2 Å². The first-order valence-electron chi connectivity index (χ1n) is 7.34. The number of pyridine rings is 1. The molecule has 1 heterocycles. The van der Waals surface area contributed by atoms with Crippen LogP contribution in [0.3, 0.4) is 0 Å². The van der Waals surface area contributed by atoms with Crippen LogP contribution in [0.25, 0.3) is 22.4 Å². The Hall–Kier alpha value is -2.74. The molecule has 0 spiro atoms. The summed E-state index contributed by atoms with van der Waals surface area (Å²) < 4.78 is 5.17. The van der Waals surface area contributed by atoms with Crippen molar-refractivity contribution in [3.05, 3.63) is 64.1 Å². The maximum Gasteiger partial charge on any atom is 0.142 e. The van der Waals surface area contributed by atoms with Gasteiger partial charge < -0.3 is 10.5 Å². The Morgan fingerprint density at radius 3 is 2.28 bits per heavy atom. The van der Waals surface area contributed by atoms with E-state index in [9.17, 15) is 5.26 Å². The Morgan fingerprint density at radius 2 is 1.68 bits per heavy atom. The van der Waals surface area contributed by atoms with Gasteiger partial charge in [0, 0.05) is 11.1 Å². The monoisotopic (exact) mass is 369 g/mol. The zero-order valence-corrected chi connectivity index (χ0v) is 14.8. The van der Waals surface area contributed by atoms with Crippen molar-refractivity contribution < 1.29 is 4.74 Å². The van der Waals surface area contributed by atoms with Crippen molar-refractivity contribution >= 4 is 29.0 Å². The second-order valence-electron chi connectivity index (χ2n) is 5.28. The molecule has 0 amide bonds. The van der Waals surface area contributed by atoms with E-state index in [2.05, 4.69) is 11.1 Å². The fraction of sp³-hybridized carbons (Fsp3) is 0.0526. The minimum absolute atomic E-state index is 0.164. The van der Waals surface area contributed by atoms with Gasteiger partial charge >= 0.3 is 0 Å². The summed E-state index contributed by atoms with van der Waals surface area (Å²) in [6.45, 7) is 0. The molecule has 0 saturated carbocycles. The number of ether oxygens (including phenoxy) is 1. The number of rotatable bonds is 3. The van der Waals surface area contributed by atoms with E-state index in [0.29, 0.717) is 26.9 Å². The number of nitriles is 1. The highest BCUT2D eigenvalue weighted by Crippen LogP contribution is 2.34. The van der Waals surface area contributed by atoms with Crippen LogP contribution in [0.1, 0.15) is 5.56 Å². The SMILES string of the molecule is COc1ccc(-c2cc(-c3ccc(Cl)c(Cl)c3)nc(N)c2C#N)cc1. The molecule has 2 N–H and O–H groups in total. The second kappa shape index (κ2) is 7.02. The third kappa shape index (κ3) is 3.39. The molecule has 0 saturated heterocycles. The minimum Gasteiger partial charge on any atom is -0.497 e. The van der Waals surface area contributed by atoms with Gasteiger partial charge in [-0.15, -0.1) is 0 Å². The molecule has 4 nitrogen and oxygen atoms in total. The number of nitrogens with two attached hydrogens (primary N) is 1. The minimum atomic E-state index is 0.164. The Labute approximate surface area is 155 Å². The van der Waals surface area contributed by atoms with Crippen molar-refractivity contribution in [2.24, 2.45) is 0 Å². The van der Waals surface area contributed by atoms with E-state index in [-0.39, 0.29) is 5.82 Å². The first-order chi connectivity index (χ1) is 12.0. The van der Waals surface area contributed by atoms with Gasteiger partial charge in [0.05, 0.1) is 22.8 Å². The summed E-state index contributed by atoms with van der Waals surface area (Å²) in [6, 6.07) is 16.5. The van der Waals surface area contributed by atoms with Gasteiger partial charge in [0.2, 0.25) is 0 Å². The molecule has 0 atom stereocenters. The summed E-state index contributed by atoms with van der Waals surface area (Å²) in [7, 11) is 1.60. The zero-order chi connectivity index (χ0) is 18.0. The second-order valence-corrected chi connectivity index (χ2v) is 6.10. The Morgan fingerprint density at radius 1 is 1.00 bits per heavy atom. The lowest BCUT2D eigenvalue weighted by atomic mass is 9.98. The van der Waals surface area contributed by atoms with Gasteiger partial charge in [0.15, 0.2) is 0 Å². The average molecular weight is 370 g/mol. The summed E-state index contributed by atoms with van der Waals surface area (Å²) >= 11 is 12.1. The summed E-state index contributed by atoms with van der Waals surface area (Å²) in [5, 5.41) is 10.4.